The van der Waals surface area contributed by atoms with Gasteiger partial charge in [-0.1, -0.05) is 224 Å². The van der Waals surface area contributed by atoms with E-state index in [2.05, 4.69) is 278 Å². The molecule has 0 saturated heterocycles. The molecule has 1 spiro atoms. The normalized spacial score (nSPS) is 12.8. The van der Waals surface area contributed by atoms with Crippen molar-refractivity contribution in [3.63, 3.8) is 0 Å². The second kappa shape index (κ2) is 16.5. The third kappa shape index (κ3) is 6.34. The smallest absolute Gasteiger partial charge is 0.0725 e. The summed E-state index contributed by atoms with van der Waals surface area (Å²) in [6.07, 6.45) is 0. The van der Waals surface area contributed by atoms with Crippen LogP contribution in [-0.4, -0.2) is 0 Å². The maximum absolute atomic E-state index is 2.50. The molecule has 0 aliphatic heterocycles. The van der Waals surface area contributed by atoms with Crippen molar-refractivity contribution in [2.24, 2.45) is 0 Å². The molecule has 1 aromatic heterocycles. The van der Waals surface area contributed by atoms with Crippen LogP contribution in [0.25, 0.3) is 97.7 Å². The van der Waals surface area contributed by atoms with E-state index >= 15 is 0 Å². The number of anilines is 3. The lowest BCUT2D eigenvalue weighted by Gasteiger charge is -2.31. The fourth-order valence-electron chi connectivity index (χ4n) is 12.5. The Kier molecular flexibility index (Phi) is 9.42. The van der Waals surface area contributed by atoms with Gasteiger partial charge in [0.15, 0.2) is 0 Å². The van der Waals surface area contributed by atoms with Crippen LogP contribution in [0.4, 0.5) is 17.1 Å². The fraction of sp³-hybridized carbons (Fsp3) is 0.0141. The molecule has 2 aliphatic rings. The van der Waals surface area contributed by atoms with Crippen LogP contribution in [0, 0.1) is 0 Å². The molecule has 0 bridgehead atoms. The third-order valence-corrected chi connectivity index (χ3v) is 16.9. The van der Waals surface area contributed by atoms with Crippen LogP contribution < -0.4 is 4.90 Å². The first kappa shape index (κ1) is 41.7. The van der Waals surface area contributed by atoms with E-state index in [1.54, 1.807) is 0 Å². The highest BCUT2D eigenvalue weighted by Crippen LogP contribution is 2.63. The lowest BCUT2D eigenvalue weighted by molar-refractivity contribution is 0.794. The van der Waals surface area contributed by atoms with E-state index in [9.17, 15) is 0 Å². The number of fused-ring (bicyclic) bond motifs is 14. The Morgan fingerprint density at radius 2 is 0.808 bits per heavy atom. The first-order valence-electron chi connectivity index (χ1n) is 25.2. The molecule has 340 valence electrons. The van der Waals surface area contributed by atoms with Crippen LogP contribution in [0.5, 0.6) is 0 Å². The van der Waals surface area contributed by atoms with Crippen molar-refractivity contribution in [3.05, 3.63) is 295 Å². The second-order valence-corrected chi connectivity index (χ2v) is 20.5. The molecule has 0 atom stereocenters. The van der Waals surface area contributed by atoms with E-state index in [4.69, 9.17) is 0 Å². The molecule has 13 aromatic rings. The molecule has 12 aromatic carbocycles. The van der Waals surface area contributed by atoms with Gasteiger partial charge in [0.05, 0.1) is 11.1 Å². The van der Waals surface area contributed by atoms with Crippen LogP contribution in [0.1, 0.15) is 22.3 Å². The molecule has 0 amide bonds. The standard InChI is InChI=1S/C71H45NS/c1-2-17-48(18-3-1)57-41-42-67(69-62-29-9-13-34-68(62)73-70(57)69)72(53-38-35-46(36-39-53)49-21-14-23-52(43-49)56-30-16-20-47-19-4-5-25-55(47)56)54-24-15-22-50(44-54)51-37-40-61-60-28-8-12-33-65(60)71(66(61)45-51)63-31-10-6-26-58(63)59-27-7-11-32-64(59)71/h1-45H. The fourth-order valence-corrected chi connectivity index (χ4v) is 13.8. The number of thiophene rings is 1. The monoisotopic (exact) mass is 943 g/mol. The molecule has 0 radical (unpaired) electrons. The summed E-state index contributed by atoms with van der Waals surface area (Å²) in [5.41, 5.74) is 23.2. The Hall–Kier alpha value is -9.08. The highest BCUT2D eigenvalue weighted by atomic mass is 32.1. The second-order valence-electron chi connectivity index (χ2n) is 19.5. The molecule has 0 unspecified atom stereocenters. The predicted molar refractivity (Wildman–Crippen MR) is 310 cm³/mol. The predicted octanol–water partition coefficient (Wildman–Crippen LogP) is 19.7. The van der Waals surface area contributed by atoms with Gasteiger partial charge in [-0.25, -0.2) is 0 Å². The van der Waals surface area contributed by atoms with E-state index in [1.807, 2.05) is 11.3 Å². The molecule has 2 heteroatoms. The molecule has 2 aliphatic carbocycles. The number of hydrogen-bond donors (Lipinski definition) is 0. The van der Waals surface area contributed by atoms with Crippen molar-refractivity contribution < 1.29 is 0 Å². The molecule has 15 rings (SSSR count). The van der Waals surface area contributed by atoms with Crippen molar-refractivity contribution in [3.8, 4) is 66.8 Å². The van der Waals surface area contributed by atoms with E-state index in [-0.39, 0.29) is 0 Å². The van der Waals surface area contributed by atoms with Crippen LogP contribution in [-0.2, 0) is 5.41 Å². The minimum Gasteiger partial charge on any atom is -0.310 e. The van der Waals surface area contributed by atoms with Crippen LogP contribution in [0.15, 0.2) is 273 Å². The van der Waals surface area contributed by atoms with Gasteiger partial charge in [-0.15, -0.1) is 11.3 Å². The quantitative estimate of drug-likeness (QED) is 0.154. The first-order chi connectivity index (χ1) is 36.2. The maximum Gasteiger partial charge on any atom is 0.0725 e. The van der Waals surface area contributed by atoms with E-state index in [0.717, 1.165) is 17.1 Å². The highest BCUT2D eigenvalue weighted by molar-refractivity contribution is 7.26. The van der Waals surface area contributed by atoms with Gasteiger partial charge in [-0.3, -0.25) is 0 Å². The van der Waals surface area contributed by atoms with Crippen molar-refractivity contribution in [2.45, 2.75) is 5.41 Å². The molecule has 0 saturated carbocycles. The number of hydrogen-bond acceptors (Lipinski definition) is 2. The van der Waals surface area contributed by atoms with E-state index in [1.165, 1.54) is 120 Å². The van der Waals surface area contributed by atoms with Crippen molar-refractivity contribution in [1.29, 1.82) is 0 Å². The summed E-state index contributed by atoms with van der Waals surface area (Å²) in [5.74, 6) is 0. The Morgan fingerprint density at radius 1 is 0.288 bits per heavy atom. The van der Waals surface area contributed by atoms with Crippen LogP contribution in [0.3, 0.4) is 0 Å². The Labute approximate surface area is 429 Å². The summed E-state index contributed by atoms with van der Waals surface area (Å²) < 4.78 is 2.56. The van der Waals surface area contributed by atoms with Gasteiger partial charge in [0, 0.05) is 31.5 Å². The van der Waals surface area contributed by atoms with E-state index in [0.29, 0.717) is 0 Å². The summed E-state index contributed by atoms with van der Waals surface area (Å²) in [4.78, 5) is 2.49. The van der Waals surface area contributed by atoms with Crippen molar-refractivity contribution >= 4 is 59.3 Å². The largest absolute Gasteiger partial charge is 0.310 e. The van der Waals surface area contributed by atoms with Gasteiger partial charge in [-0.2, -0.15) is 0 Å². The van der Waals surface area contributed by atoms with Gasteiger partial charge >= 0.3 is 0 Å². The first-order valence-corrected chi connectivity index (χ1v) is 26.0. The van der Waals surface area contributed by atoms with Gasteiger partial charge in [-0.05, 0) is 148 Å². The molecule has 73 heavy (non-hydrogen) atoms. The summed E-state index contributed by atoms with van der Waals surface area (Å²) >= 11 is 1.88. The minimum atomic E-state index is -0.416. The number of benzene rings is 12. The van der Waals surface area contributed by atoms with Crippen LogP contribution >= 0.6 is 11.3 Å². The lowest BCUT2D eigenvalue weighted by atomic mass is 9.70. The topological polar surface area (TPSA) is 3.24 Å². The molecule has 1 nitrogen and oxygen atoms in total. The average molecular weight is 944 g/mol. The number of nitrogens with zero attached hydrogens (tertiary/aromatic N) is 1. The van der Waals surface area contributed by atoms with Crippen LogP contribution in [0.2, 0.25) is 0 Å². The summed E-state index contributed by atoms with van der Waals surface area (Å²) in [6, 6.07) is 102. The van der Waals surface area contributed by atoms with Gasteiger partial charge < -0.3 is 4.90 Å². The van der Waals surface area contributed by atoms with Crippen molar-refractivity contribution in [2.75, 3.05) is 4.90 Å². The zero-order valence-electron chi connectivity index (χ0n) is 39.8. The summed E-state index contributed by atoms with van der Waals surface area (Å²) in [7, 11) is 0. The van der Waals surface area contributed by atoms with E-state index < -0.39 is 5.41 Å². The zero-order valence-corrected chi connectivity index (χ0v) is 40.7. The molecule has 1 heterocycles. The molecule has 0 N–H and O–H groups in total. The third-order valence-electron chi connectivity index (χ3n) is 15.7. The number of rotatable bonds is 7. The highest BCUT2D eigenvalue weighted by Gasteiger charge is 2.51. The van der Waals surface area contributed by atoms with Gasteiger partial charge in [0.1, 0.15) is 0 Å². The lowest BCUT2D eigenvalue weighted by Crippen LogP contribution is -2.25. The summed E-state index contributed by atoms with van der Waals surface area (Å²) in [6.45, 7) is 0. The molecular weight excluding hydrogens is 899 g/mol. The minimum absolute atomic E-state index is 0.416. The van der Waals surface area contributed by atoms with Crippen molar-refractivity contribution in [1.82, 2.24) is 0 Å². The SMILES string of the molecule is c1ccc(-c2ccc(N(c3ccc(-c4cccc(-c5cccc6ccccc56)c4)cc3)c3cccc(-c4ccc5c(c4)C4(c6ccccc6-c6ccccc64)c4ccccc4-5)c3)c3c2sc2ccccc23)cc1. The maximum atomic E-state index is 2.50. The Balaban J connectivity index is 0.906. The molecular formula is C71H45NS. The summed E-state index contributed by atoms with van der Waals surface area (Å²) in [5, 5.41) is 5.04. The zero-order chi connectivity index (χ0) is 48.0. The Morgan fingerprint density at radius 3 is 1.56 bits per heavy atom. The Bertz CT molecular complexity index is 4260. The van der Waals surface area contributed by atoms with Gasteiger partial charge in [0.2, 0.25) is 0 Å². The average Bonchev–Trinajstić information content (AvgIpc) is 4.19. The molecule has 0 fully saturated rings. The van der Waals surface area contributed by atoms with Gasteiger partial charge in [0.25, 0.3) is 0 Å².